The minimum Gasteiger partial charge on any atom is -0.458 e. The van der Waals surface area contributed by atoms with E-state index in [1.165, 1.54) is 6.92 Å². The molecule has 0 radical (unpaired) electrons. The standard InChI is InChI=1S/C16H23NO5/c1-11(18)13(14(19)22-16(2,3)4)17-15(20)21-10-12-8-6-5-7-9-12/h5-9,11,13,18H,10H2,1-4H3,(H,17,20)/t11-,13+/m0/s1. The van der Waals surface area contributed by atoms with Crippen molar-refractivity contribution in [3.63, 3.8) is 0 Å². The van der Waals surface area contributed by atoms with E-state index in [9.17, 15) is 14.7 Å². The summed E-state index contributed by atoms with van der Waals surface area (Å²) in [4.78, 5) is 23.7. The molecule has 0 spiro atoms. The van der Waals surface area contributed by atoms with Gasteiger partial charge in [-0.05, 0) is 33.3 Å². The van der Waals surface area contributed by atoms with Crippen molar-refractivity contribution >= 4 is 12.1 Å². The zero-order valence-electron chi connectivity index (χ0n) is 13.3. The van der Waals surface area contributed by atoms with Crippen LogP contribution in [0.5, 0.6) is 0 Å². The number of alkyl carbamates (subject to hydrolysis) is 1. The number of carbonyl (C=O) groups excluding carboxylic acids is 2. The van der Waals surface area contributed by atoms with E-state index < -0.39 is 29.8 Å². The van der Waals surface area contributed by atoms with Crippen molar-refractivity contribution in [1.29, 1.82) is 0 Å². The van der Waals surface area contributed by atoms with Crippen molar-refractivity contribution in [1.82, 2.24) is 5.32 Å². The molecule has 122 valence electrons. The highest BCUT2D eigenvalue weighted by Crippen LogP contribution is 2.10. The molecule has 22 heavy (non-hydrogen) atoms. The van der Waals surface area contributed by atoms with Gasteiger partial charge in [-0.3, -0.25) is 0 Å². The smallest absolute Gasteiger partial charge is 0.408 e. The summed E-state index contributed by atoms with van der Waals surface area (Å²) in [5, 5.41) is 12.0. The largest absolute Gasteiger partial charge is 0.458 e. The first-order valence-electron chi connectivity index (χ1n) is 7.07. The summed E-state index contributed by atoms with van der Waals surface area (Å²) in [5.41, 5.74) is 0.114. The highest BCUT2D eigenvalue weighted by atomic mass is 16.6. The van der Waals surface area contributed by atoms with Crippen LogP contribution in [0.1, 0.15) is 33.3 Å². The molecule has 0 fully saturated rings. The maximum Gasteiger partial charge on any atom is 0.408 e. The maximum absolute atomic E-state index is 12.0. The van der Waals surface area contributed by atoms with E-state index in [2.05, 4.69) is 5.32 Å². The number of nitrogens with one attached hydrogen (secondary N) is 1. The summed E-state index contributed by atoms with van der Waals surface area (Å²) >= 11 is 0. The number of hydrogen-bond acceptors (Lipinski definition) is 5. The van der Waals surface area contributed by atoms with E-state index in [1.54, 1.807) is 20.8 Å². The normalized spacial score (nSPS) is 13.9. The molecule has 1 amide bonds. The predicted octanol–water partition coefficient (Wildman–Crippen LogP) is 2.00. The topological polar surface area (TPSA) is 84.9 Å². The summed E-state index contributed by atoms with van der Waals surface area (Å²) in [5.74, 6) is -0.709. The van der Waals surface area contributed by atoms with Gasteiger partial charge in [0.15, 0.2) is 6.04 Å². The summed E-state index contributed by atoms with van der Waals surface area (Å²) in [7, 11) is 0. The van der Waals surface area contributed by atoms with Crippen molar-refractivity contribution in [2.75, 3.05) is 0 Å². The van der Waals surface area contributed by atoms with Crippen LogP contribution in [0.3, 0.4) is 0 Å². The van der Waals surface area contributed by atoms with Gasteiger partial charge < -0.3 is 19.9 Å². The number of hydrogen-bond donors (Lipinski definition) is 2. The summed E-state index contributed by atoms with van der Waals surface area (Å²) in [6, 6.07) is 7.96. The Morgan fingerprint density at radius 2 is 1.82 bits per heavy atom. The molecule has 0 heterocycles. The molecule has 2 N–H and O–H groups in total. The summed E-state index contributed by atoms with van der Waals surface area (Å²) in [6.45, 7) is 6.59. The van der Waals surface area contributed by atoms with Gasteiger partial charge in [-0.25, -0.2) is 9.59 Å². The molecule has 0 aliphatic rings. The minimum atomic E-state index is -1.18. The number of rotatable bonds is 5. The van der Waals surface area contributed by atoms with Crippen LogP contribution in [0.2, 0.25) is 0 Å². The predicted molar refractivity (Wildman–Crippen MR) is 81.1 cm³/mol. The number of aliphatic hydroxyl groups is 1. The monoisotopic (exact) mass is 309 g/mol. The first-order valence-corrected chi connectivity index (χ1v) is 7.07. The molecule has 1 rings (SSSR count). The number of ether oxygens (including phenoxy) is 2. The van der Waals surface area contributed by atoms with Gasteiger partial charge >= 0.3 is 12.1 Å². The van der Waals surface area contributed by atoms with Crippen molar-refractivity contribution in [2.24, 2.45) is 0 Å². The number of carbonyl (C=O) groups is 2. The first kappa shape index (κ1) is 18.0. The van der Waals surface area contributed by atoms with Crippen molar-refractivity contribution in [3.05, 3.63) is 35.9 Å². The van der Waals surface area contributed by atoms with Crippen molar-refractivity contribution in [3.8, 4) is 0 Å². The van der Waals surface area contributed by atoms with E-state index in [4.69, 9.17) is 9.47 Å². The Labute approximate surface area is 130 Å². The Hall–Kier alpha value is -2.08. The number of amides is 1. The average molecular weight is 309 g/mol. The van der Waals surface area contributed by atoms with Gasteiger partial charge in [-0.2, -0.15) is 0 Å². The first-order chi connectivity index (χ1) is 10.2. The maximum atomic E-state index is 12.0. The van der Waals surface area contributed by atoms with E-state index >= 15 is 0 Å². The Bertz CT molecular complexity index is 493. The zero-order chi connectivity index (χ0) is 16.8. The van der Waals surface area contributed by atoms with Gasteiger partial charge in [0.2, 0.25) is 0 Å². The van der Waals surface area contributed by atoms with E-state index in [-0.39, 0.29) is 6.61 Å². The lowest BCUT2D eigenvalue weighted by Gasteiger charge is -2.25. The molecule has 6 nitrogen and oxygen atoms in total. The fraction of sp³-hybridized carbons (Fsp3) is 0.500. The van der Waals surface area contributed by atoms with Crippen LogP contribution in [-0.4, -0.2) is 34.9 Å². The number of benzene rings is 1. The molecular formula is C16H23NO5. The fourth-order valence-electron chi connectivity index (χ4n) is 1.63. The Morgan fingerprint density at radius 3 is 2.32 bits per heavy atom. The third-order valence-corrected chi connectivity index (χ3v) is 2.63. The van der Waals surface area contributed by atoms with Crippen molar-refractivity contribution < 1.29 is 24.2 Å². The molecule has 2 atom stereocenters. The second-order valence-corrected chi connectivity index (χ2v) is 5.96. The Morgan fingerprint density at radius 1 is 1.23 bits per heavy atom. The Balaban J connectivity index is 2.55. The van der Waals surface area contributed by atoms with E-state index in [0.29, 0.717) is 0 Å². The van der Waals surface area contributed by atoms with E-state index in [1.807, 2.05) is 30.3 Å². The van der Waals surface area contributed by atoms with Crippen LogP contribution in [0.4, 0.5) is 4.79 Å². The fourth-order valence-corrected chi connectivity index (χ4v) is 1.63. The second-order valence-electron chi connectivity index (χ2n) is 5.96. The lowest BCUT2D eigenvalue weighted by molar-refractivity contribution is -0.160. The Kier molecular flexibility index (Phi) is 6.37. The van der Waals surface area contributed by atoms with Gasteiger partial charge in [0.1, 0.15) is 12.2 Å². The molecule has 1 aromatic rings. The molecule has 0 saturated heterocycles. The third kappa shape index (κ3) is 6.58. The number of esters is 1. The molecular weight excluding hydrogens is 286 g/mol. The highest BCUT2D eigenvalue weighted by molar-refractivity contribution is 5.82. The minimum absolute atomic E-state index is 0.0769. The molecule has 0 saturated carbocycles. The third-order valence-electron chi connectivity index (χ3n) is 2.63. The van der Waals surface area contributed by atoms with Gasteiger partial charge in [0.25, 0.3) is 0 Å². The van der Waals surface area contributed by atoms with Crippen LogP contribution in [0, 0.1) is 0 Å². The van der Waals surface area contributed by atoms with E-state index in [0.717, 1.165) is 5.56 Å². The highest BCUT2D eigenvalue weighted by Gasteiger charge is 2.30. The molecule has 1 aromatic carbocycles. The van der Waals surface area contributed by atoms with Crippen LogP contribution >= 0.6 is 0 Å². The van der Waals surface area contributed by atoms with Crippen LogP contribution in [0.25, 0.3) is 0 Å². The lowest BCUT2D eigenvalue weighted by Crippen LogP contribution is -2.50. The molecule has 0 aromatic heterocycles. The molecule has 6 heteroatoms. The van der Waals surface area contributed by atoms with Gasteiger partial charge in [0.05, 0.1) is 6.10 Å². The summed E-state index contributed by atoms with van der Waals surface area (Å²) in [6.07, 6.45) is -1.89. The van der Waals surface area contributed by atoms with Gasteiger partial charge in [-0.15, -0.1) is 0 Å². The van der Waals surface area contributed by atoms with Crippen molar-refractivity contribution in [2.45, 2.75) is 52.0 Å². The lowest BCUT2D eigenvalue weighted by atomic mass is 10.1. The number of aliphatic hydroxyl groups excluding tert-OH is 1. The SMILES string of the molecule is C[C@H](O)[C@@H](NC(=O)OCc1ccccc1)C(=O)OC(C)(C)C. The second kappa shape index (κ2) is 7.79. The van der Waals surface area contributed by atoms with Crippen LogP contribution in [-0.2, 0) is 20.9 Å². The molecule has 0 aliphatic heterocycles. The van der Waals surface area contributed by atoms with Gasteiger partial charge in [-0.1, -0.05) is 30.3 Å². The molecule has 0 aliphatic carbocycles. The average Bonchev–Trinajstić information content (AvgIpc) is 2.41. The van der Waals surface area contributed by atoms with Gasteiger partial charge in [0, 0.05) is 0 Å². The molecule has 0 unspecified atom stereocenters. The quantitative estimate of drug-likeness (QED) is 0.813. The zero-order valence-corrected chi connectivity index (χ0v) is 13.3. The van der Waals surface area contributed by atoms with Crippen LogP contribution in [0.15, 0.2) is 30.3 Å². The van der Waals surface area contributed by atoms with Crippen LogP contribution < -0.4 is 5.32 Å². The summed E-state index contributed by atoms with van der Waals surface area (Å²) < 4.78 is 10.2. The molecule has 0 bridgehead atoms.